The van der Waals surface area contributed by atoms with Gasteiger partial charge in [-0.15, -0.1) is 0 Å². The number of hydrogen-bond donors (Lipinski definition) is 0. The van der Waals surface area contributed by atoms with Gasteiger partial charge in [-0.2, -0.15) is 0 Å². The molecule has 0 amide bonds. The fourth-order valence-corrected chi connectivity index (χ4v) is 11.2. The van der Waals surface area contributed by atoms with Crippen molar-refractivity contribution in [2.45, 2.75) is 0 Å². The second-order valence-electron chi connectivity index (χ2n) is 18.0. The number of hydrogen-bond acceptors (Lipinski definition) is 1. The van der Waals surface area contributed by atoms with Crippen molar-refractivity contribution in [3.63, 3.8) is 0 Å². The quantitative estimate of drug-likeness (QED) is 0.151. The van der Waals surface area contributed by atoms with E-state index in [1.807, 2.05) is 0 Å². The van der Waals surface area contributed by atoms with Gasteiger partial charge in [-0.1, -0.05) is 212 Å². The first kappa shape index (κ1) is 37.6. The molecule has 0 unspecified atom stereocenters. The maximum absolute atomic E-state index is 2.46. The lowest BCUT2D eigenvalue weighted by molar-refractivity contribution is 1.29. The molecule has 1 heteroatoms. The maximum atomic E-state index is 2.46. The highest BCUT2D eigenvalue weighted by Gasteiger charge is 2.20. The highest BCUT2D eigenvalue weighted by Crippen LogP contribution is 2.47. The Morgan fingerprint density at radius 1 is 0.194 bits per heavy atom. The van der Waals surface area contributed by atoms with E-state index in [4.69, 9.17) is 0 Å². The lowest BCUT2D eigenvalue weighted by Gasteiger charge is -2.27. The van der Waals surface area contributed by atoms with Crippen molar-refractivity contribution in [1.29, 1.82) is 0 Å². The van der Waals surface area contributed by atoms with Crippen LogP contribution < -0.4 is 4.90 Å². The first-order valence-corrected chi connectivity index (χ1v) is 23.2. The van der Waals surface area contributed by atoms with Crippen LogP contribution in [0, 0.1) is 0 Å². The third-order valence-electron chi connectivity index (χ3n) is 14.3. The van der Waals surface area contributed by atoms with Crippen LogP contribution >= 0.6 is 0 Å². The molecule has 0 saturated heterocycles. The summed E-state index contributed by atoms with van der Waals surface area (Å²) in [5.74, 6) is 0. The van der Waals surface area contributed by atoms with Gasteiger partial charge in [0.15, 0.2) is 0 Å². The number of nitrogens with zero attached hydrogens (tertiary/aromatic N) is 1. The second-order valence-corrected chi connectivity index (χ2v) is 18.0. The van der Waals surface area contributed by atoms with Crippen molar-refractivity contribution >= 4 is 103 Å². The zero-order valence-corrected chi connectivity index (χ0v) is 36.6. The molecule has 0 fully saturated rings. The van der Waals surface area contributed by atoms with Crippen LogP contribution in [0.2, 0.25) is 0 Å². The summed E-state index contributed by atoms with van der Waals surface area (Å²) >= 11 is 0. The summed E-state index contributed by atoms with van der Waals surface area (Å²) in [4.78, 5) is 2.44. The first-order chi connectivity index (χ1) is 33.2. The predicted octanol–water partition coefficient (Wildman–Crippen LogP) is 18.8. The Balaban J connectivity index is 0.970. The van der Waals surface area contributed by atoms with E-state index in [-0.39, 0.29) is 0 Å². The molecule has 0 aliphatic heterocycles. The molecule has 0 bridgehead atoms. The Morgan fingerprint density at radius 2 is 0.537 bits per heavy atom. The van der Waals surface area contributed by atoms with Crippen molar-refractivity contribution in [2.24, 2.45) is 0 Å². The second kappa shape index (κ2) is 14.9. The molecular weight excluding hydrogens is 807 g/mol. The largest absolute Gasteiger partial charge is 0.310 e. The summed E-state index contributed by atoms with van der Waals surface area (Å²) in [6.45, 7) is 0. The maximum Gasteiger partial charge on any atom is 0.0474 e. The van der Waals surface area contributed by atoms with Crippen LogP contribution in [-0.2, 0) is 0 Å². The Morgan fingerprint density at radius 3 is 1.04 bits per heavy atom. The average Bonchev–Trinajstić information content (AvgIpc) is 3.40. The lowest BCUT2D eigenvalue weighted by Crippen LogP contribution is -2.10. The van der Waals surface area contributed by atoms with E-state index in [0.717, 1.165) is 17.1 Å². The molecule has 0 radical (unpaired) electrons. The fourth-order valence-electron chi connectivity index (χ4n) is 11.2. The summed E-state index contributed by atoms with van der Waals surface area (Å²) in [6.07, 6.45) is 0. The van der Waals surface area contributed by atoms with E-state index in [1.165, 1.54) is 120 Å². The van der Waals surface area contributed by atoms with E-state index in [0.29, 0.717) is 0 Å². The minimum Gasteiger partial charge on any atom is -0.310 e. The van der Waals surface area contributed by atoms with E-state index in [9.17, 15) is 0 Å². The third-order valence-corrected chi connectivity index (χ3v) is 14.3. The van der Waals surface area contributed by atoms with E-state index in [2.05, 4.69) is 254 Å². The average molecular weight is 848 g/mol. The number of benzene rings is 13. The first-order valence-electron chi connectivity index (χ1n) is 23.2. The smallest absolute Gasteiger partial charge is 0.0474 e. The standard InChI is InChI=1S/C66H41N/c1-3-17-55-44(10-1)12-5-19-57(55)46-26-24-42(25-27-46)43-32-36-52(37-33-43)67(53-38-34-47(35-39-53)58-20-6-13-45-11-2-4-18-56(45)58)54-40-51-31-30-50-15-8-22-60-59-21-7-14-48-28-29-49-16-9-23-61(65(49)63(48)59)62(41-54)66(51)64(50)60/h1-41H. The fraction of sp³-hybridized carbons (Fsp3) is 0. The molecule has 0 heterocycles. The van der Waals surface area contributed by atoms with Gasteiger partial charge in [0.1, 0.15) is 0 Å². The van der Waals surface area contributed by atoms with Gasteiger partial charge in [0, 0.05) is 17.1 Å². The molecule has 310 valence electrons. The molecule has 0 aliphatic carbocycles. The summed E-state index contributed by atoms with van der Waals surface area (Å²) in [7, 11) is 0. The van der Waals surface area contributed by atoms with Crippen LogP contribution in [0.5, 0.6) is 0 Å². The van der Waals surface area contributed by atoms with Crippen molar-refractivity contribution < 1.29 is 0 Å². The number of rotatable bonds is 6. The topological polar surface area (TPSA) is 3.24 Å². The molecule has 1 nitrogen and oxygen atoms in total. The van der Waals surface area contributed by atoms with Crippen molar-refractivity contribution in [3.8, 4) is 33.4 Å². The van der Waals surface area contributed by atoms with Gasteiger partial charge >= 0.3 is 0 Å². The van der Waals surface area contributed by atoms with Gasteiger partial charge in [-0.25, -0.2) is 0 Å². The molecule has 67 heavy (non-hydrogen) atoms. The van der Waals surface area contributed by atoms with E-state index in [1.54, 1.807) is 0 Å². The molecular formula is C66H41N. The molecule has 0 spiro atoms. The third kappa shape index (κ3) is 5.95. The van der Waals surface area contributed by atoms with Gasteiger partial charge in [-0.3, -0.25) is 0 Å². The van der Waals surface area contributed by atoms with E-state index < -0.39 is 0 Å². The number of fused-ring (bicyclic) bond motifs is 4. The molecule has 0 N–H and O–H groups in total. The van der Waals surface area contributed by atoms with Gasteiger partial charge in [0.25, 0.3) is 0 Å². The summed E-state index contributed by atoms with van der Waals surface area (Å²) < 4.78 is 0. The SMILES string of the molecule is c1ccc2c(-c3ccc(-c4ccc(N(c5ccc(-c6cccc7ccccc67)cc5)c5cc6ccc7cccc8c9cccc%10ccc%11cccc(c(c5)c6c78)c%11c%109)cc4)cc3)cccc2c1. The van der Waals surface area contributed by atoms with Gasteiger partial charge in [0.05, 0.1) is 0 Å². The minimum atomic E-state index is 1.10. The van der Waals surface area contributed by atoms with Crippen molar-refractivity contribution in [3.05, 3.63) is 249 Å². The molecule has 14 aromatic rings. The normalized spacial score (nSPS) is 11.9. The lowest BCUT2D eigenvalue weighted by atomic mass is 9.87. The van der Waals surface area contributed by atoms with Crippen LogP contribution in [0.1, 0.15) is 0 Å². The molecule has 14 rings (SSSR count). The monoisotopic (exact) mass is 847 g/mol. The zero-order chi connectivity index (χ0) is 44.0. The van der Waals surface area contributed by atoms with Gasteiger partial charge in [0.2, 0.25) is 0 Å². The van der Waals surface area contributed by atoms with Gasteiger partial charge in [-0.05, 0) is 156 Å². The van der Waals surface area contributed by atoms with Gasteiger partial charge < -0.3 is 4.90 Å². The molecule has 0 atom stereocenters. The molecule has 0 saturated carbocycles. The summed E-state index contributed by atoms with van der Waals surface area (Å²) in [5, 5.41) is 20.3. The van der Waals surface area contributed by atoms with Crippen LogP contribution in [0.15, 0.2) is 249 Å². The van der Waals surface area contributed by atoms with E-state index >= 15 is 0 Å². The summed E-state index contributed by atoms with van der Waals surface area (Å²) in [6, 6.07) is 92.3. The Labute approximate surface area is 388 Å². The van der Waals surface area contributed by atoms with Crippen LogP contribution in [-0.4, -0.2) is 0 Å². The number of anilines is 3. The van der Waals surface area contributed by atoms with Crippen LogP contribution in [0.3, 0.4) is 0 Å². The Bertz CT molecular complexity index is 4220. The van der Waals surface area contributed by atoms with Crippen molar-refractivity contribution in [1.82, 2.24) is 0 Å². The Kier molecular flexibility index (Phi) is 8.35. The highest BCUT2D eigenvalue weighted by atomic mass is 15.1. The Hall–Kier alpha value is -8.78. The zero-order valence-electron chi connectivity index (χ0n) is 36.6. The molecule has 0 aliphatic rings. The summed E-state index contributed by atoms with van der Waals surface area (Å²) in [5.41, 5.74) is 10.6. The minimum absolute atomic E-state index is 1.10. The molecule has 14 aromatic carbocycles. The highest BCUT2D eigenvalue weighted by molar-refractivity contribution is 6.37. The predicted molar refractivity (Wildman–Crippen MR) is 289 cm³/mol. The van der Waals surface area contributed by atoms with Crippen molar-refractivity contribution in [2.75, 3.05) is 4.90 Å². The molecule has 0 aromatic heterocycles. The van der Waals surface area contributed by atoms with Crippen LogP contribution in [0.25, 0.3) is 120 Å². The van der Waals surface area contributed by atoms with Crippen LogP contribution in [0.4, 0.5) is 17.1 Å².